The van der Waals surface area contributed by atoms with E-state index in [1.54, 1.807) is 12.1 Å². The second kappa shape index (κ2) is 7.57. The number of rotatable bonds is 5. The molecular weight excluding hydrogens is 380 g/mol. The smallest absolute Gasteiger partial charge is 0.252 e. The first-order chi connectivity index (χ1) is 14.7. The van der Waals surface area contributed by atoms with Crippen molar-refractivity contribution in [3.63, 3.8) is 0 Å². The maximum Gasteiger partial charge on any atom is 0.252 e. The fourth-order valence-corrected chi connectivity index (χ4v) is 3.69. The molecule has 8 nitrogen and oxygen atoms in total. The van der Waals surface area contributed by atoms with Crippen LogP contribution in [0.5, 0.6) is 0 Å². The minimum atomic E-state index is -0.564. The lowest BCUT2D eigenvalue weighted by Gasteiger charge is -2.20. The van der Waals surface area contributed by atoms with Crippen LogP contribution in [0.3, 0.4) is 0 Å². The molecule has 5 rings (SSSR count). The molecule has 0 saturated carbocycles. The molecule has 0 saturated heterocycles. The fraction of sp³-hybridized carbons (Fsp3) is 0.182. The molecule has 2 aromatic carbocycles. The van der Waals surface area contributed by atoms with Gasteiger partial charge in [0.25, 0.3) is 5.91 Å². The largest absolute Gasteiger partial charge is 0.366 e. The van der Waals surface area contributed by atoms with E-state index in [0.717, 1.165) is 35.6 Å². The van der Waals surface area contributed by atoms with Crippen LogP contribution in [0.25, 0.3) is 22.5 Å². The van der Waals surface area contributed by atoms with Crippen molar-refractivity contribution in [2.75, 3.05) is 11.9 Å². The zero-order valence-electron chi connectivity index (χ0n) is 16.2. The lowest BCUT2D eigenvalue weighted by molar-refractivity contribution is 0.100. The first-order valence-electron chi connectivity index (χ1n) is 9.77. The molecule has 30 heavy (non-hydrogen) atoms. The molecule has 3 heterocycles. The number of hydrogen-bond donors (Lipinski definition) is 3. The van der Waals surface area contributed by atoms with Crippen LogP contribution >= 0.6 is 0 Å². The van der Waals surface area contributed by atoms with Gasteiger partial charge in [-0.05, 0) is 17.7 Å². The van der Waals surface area contributed by atoms with Gasteiger partial charge < -0.3 is 20.9 Å². The van der Waals surface area contributed by atoms with E-state index in [0.29, 0.717) is 35.6 Å². The second-order valence-electron chi connectivity index (χ2n) is 7.16. The highest BCUT2D eigenvalue weighted by Gasteiger charge is 2.22. The van der Waals surface area contributed by atoms with Crippen molar-refractivity contribution < 1.29 is 9.32 Å². The molecule has 0 atom stereocenters. The van der Waals surface area contributed by atoms with Crippen molar-refractivity contribution >= 4 is 22.7 Å². The average Bonchev–Trinajstić information content (AvgIpc) is 3.22. The Balaban J connectivity index is 1.58. The predicted molar refractivity (Wildman–Crippen MR) is 113 cm³/mol. The van der Waals surface area contributed by atoms with E-state index in [1.807, 2.05) is 24.3 Å². The van der Waals surface area contributed by atoms with E-state index < -0.39 is 5.91 Å². The molecule has 150 valence electrons. The van der Waals surface area contributed by atoms with E-state index in [9.17, 15) is 4.79 Å². The number of fused-ring (bicyclic) bond motifs is 2. The Morgan fingerprint density at radius 2 is 2.00 bits per heavy atom. The molecule has 0 unspecified atom stereocenters. The van der Waals surface area contributed by atoms with Crippen molar-refractivity contribution in [2.24, 2.45) is 5.73 Å². The third-order valence-electron chi connectivity index (χ3n) is 5.21. The number of hydrogen-bond acceptors (Lipinski definition) is 7. The molecule has 2 aromatic heterocycles. The quantitative estimate of drug-likeness (QED) is 0.471. The van der Waals surface area contributed by atoms with E-state index in [-0.39, 0.29) is 5.56 Å². The summed E-state index contributed by atoms with van der Waals surface area (Å²) in [7, 11) is 0. The Morgan fingerprint density at radius 1 is 1.13 bits per heavy atom. The van der Waals surface area contributed by atoms with Crippen molar-refractivity contribution in [1.29, 1.82) is 0 Å². The minimum absolute atomic E-state index is 0.288. The molecule has 0 spiro atoms. The van der Waals surface area contributed by atoms with Crippen LogP contribution in [0.2, 0.25) is 0 Å². The summed E-state index contributed by atoms with van der Waals surface area (Å²) in [6, 6.07) is 15.3. The molecule has 1 aliphatic rings. The summed E-state index contributed by atoms with van der Waals surface area (Å²) in [5.74, 6) is 0.672. The van der Waals surface area contributed by atoms with Crippen LogP contribution in [0, 0.1) is 0 Å². The van der Waals surface area contributed by atoms with Gasteiger partial charge in [-0.15, -0.1) is 0 Å². The van der Waals surface area contributed by atoms with Gasteiger partial charge >= 0.3 is 0 Å². The number of nitrogens with one attached hydrogen (secondary N) is 2. The molecule has 0 bridgehead atoms. The Kier molecular flexibility index (Phi) is 4.61. The zero-order chi connectivity index (χ0) is 20.5. The van der Waals surface area contributed by atoms with Gasteiger partial charge in [-0.1, -0.05) is 41.6 Å². The van der Waals surface area contributed by atoms with Gasteiger partial charge in [0.2, 0.25) is 0 Å². The highest BCUT2D eigenvalue weighted by molar-refractivity contribution is 6.06. The van der Waals surface area contributed by atoms with Crippen LogP contribution in [0.1, 0.15) is 27.2 Å². The van der Waals surface area contributed by atoms with Crippen LogP contribution < -0.4 is 16.4 Å². The zero-order valence-corrected chi connectivity index (χ0v) is 16.2. The van der Waals surface area contributed by atoms with Crippen LogP contribution in [-0.2, 0) is 19.5 Å². The van der Waals surface area contributed by atoms with Crippen LogP contribution in [-0.4, -0.2) is 27.6 Å². The monoisotopic (exact) mass is 400 g/mol. The first-order valence-corrected chi connectivity index (χ1v) is 9.77. The molecule has 4 aromatic rings. The molecule has 1 amide bonds. The summed E-state index contributed by atoms with van der Waals surface area (Å²) in [6.07, 6.45) is 0.799. The number of primary amides is 1. The number of nitrogens with two attached hydrogens (primary N) is 1. The predicted octanol–water partition coefficient (Wildman–Crippen LogP) is 2.64. The van der Waals surface area contributed by atoms with Gasteiger partial charge in [-0.2, -0.15) is 0 Å². The number of nitrogens with zero attached hydrogens (tertiary/aromatic N) is 3. The van der Waals surface area contributed by atoms with Crippen molar-refractivity contribution in [3.8, 4) is 11.5 Å². The first kappa shape index (κ1) is 18.3. The molecular formula is C22H20N6O2. The summed E-state index contributed by atoms with van der Waals surface area (Å²) in [4.78, 5) is 21.2. The van der Waals surface area contributed by atoms with Crippen LogP contribution in [0.4, 0.5) is 5.82 Å². The average molecular weight is 400 g/mol. The van der Waals surface area contributed by atoms with Gasteiger partial charge in [0.15, 0.2) is 17.1 Å². The Bertz CT molecular complexity index is 1240. The third kappa shape index (κ3) is 3.27. The molecule has 4 N–H and O–H groups in total. The number of amides is 1. The third-order valence-corrected chi connectivity index (χ3v) is 5.21. The molecule has 8 heteroatoms. The highest BCUT2D eigenvalue weighted by atomic mass is 16.5. The number of benzene rings is 2. The van der Waals surface area contributed by atoms with Crippen molar-refractivity contribution in [3.05, 3.63) is 70.9 Å². The van der Waals surface area contributed by atoms with Crippen molar-refractivity contribution in [1.82, 2.24) is 20.4 Å². The standard InChI is InChI=1S/C22H20N6O2/c23-20(29)15-8-4-7-14-18(28-30-19(14)15)22-26-17-9-10-24-12-16(17)21(27-22)25-11-13-5-2-1-3-6-13/h1-8,24H,9-12H2,(H2,23,29)(H,25,26,27). The summed E-state index contributed by atoms with van der Waals surface area (Å²) >= 11 is 0. The van der Waals surface area contributed by atoms with E-state index >= 15 is 0 Å². The lowest BCUT2D eigenvalue weighted by Crippen LogP contribution is -2.26. The van der Waals surface area contributed by atoms with Gasteiger partial charge in [0.05, 0.1) is 16.6 Å². The SMILES string of the molecule is NC(=O)c1cccc2c(-c3nc4c(c(NCc5ccccc5)n3)CNCC4)noc12. The topological polar surface area (TPSA) is 119 Å². The number of para-hydroxylation sites is 1. The van der Waals surface area contributed by atoms with Gasteiger partial charge in [-0.3, -0.25) is 4.79 Å². The fourth-order valence-electron chi connectivity index (χ4n) is 3.69. The number of anilines is 1. The van der Waals surface area contributed by atoms with Crippen molar-refractivity contribution in [2.45, 2.75) is 19.5 Å². The highest BCUT2D eigenvalue weighted by Crippen LogP contribution is 2.31. The molecule has 0 fully saturated rings. The molecule has 1 aliphatic heterocycles. The maximum absolute atomic E-state index is 11.7. The lowest BCUT2D eigenvalue weighted by atomic mass is 10.1. The summed E-state index contributed by atoms with van der Waals surface area (Å²) < 4.78 is 5.45. The Labute approximate surface area is 172 Å². The molecule has 0 radical (unpaired) electrons. The Hall–Kier alpha value is -3.78. The molecule has 0 aliphatic carbocycles. The van der Waals surface area contributed by atoms with Gasteiger partial charge in [0, 0.05) is 31.6 Å². The van der Waals surface area contributed by atoms with E-state index in [2.05, 4.69) is 27.9 Å². The van der Waals surface area contributed by atoms with E-state index in [4.69, 9.17) is 20.2 Å². The summed E-state index contributed by atoms with van der Waals surface area (Å²) in [5, 5.41) is 11.7. The maximum atomic E-state index is 11.7. The normalized spacial score (nSPS) is 13.2. The second-order valence-corrected chi connectivity index (χ2v) is 7.16. The van der Waals surface area contributed by atoms with Gasteiger partial charge in [0.1, 0.15) is 5.82 Å². The minimum Gasteiger partial charge on any atom is -0.366 e. The van der Waals surface area contributed by atoms with E-state index in [1.165, 1.54) is 0 Å². The summed E-state index contributed by atoms with van der Waals surface area (Å²) in [5.41, 5.74) is 9.80. The summed E-state index contributed by atoms with van der Waals surface area (Å²) in [6.45, 7) is 2.21. The number of aromatic nitrogens is 3. The number of carbonyl (C=O) groups is 1. The Morgan fingerprint density at radius 3 is 2.83 bits per heavy atom. The van der Waals surface area contributed by atoms with Crippen LogP contribution in [0.15, 0.2) is 53.1 Å². The number of carbonyl (C=O) groups excluding carboxylic acids is 1. The van der Waals surface area contributed by atoms with Gasteiger partial charge in [-0.25, -0.2) is 9.97 Å².